The van der Waals surface area contributed by atoms with Gasteiger partial charge in [-0.1, -0.05) is 71.1 Å². The number of fused-ring (bicyclic) bond motifs is 3. The van der Waals surface area contributed by atoms with Crippen molar-refractivity contribution in [1.29, 1.82) is 0 Å². The lowest BCUT2D eigenvalue weighted by atomic mass is 9.77. The topological polar surface area (TPSA) is 219 Å². The zero-order chi connectivity index (χ0) is 50.6. The molecule has 1 aromatic heterocycles. The summed E-state index contributed by atoms with van der Waals surface area (Å²) in [7, 11) is 4.62. The number of carbonyl (C=O) groups excluding carboxylic acids is 5. The molecule has 2 N–H and O–H groups in total. The number of nitrogens with zero attached hydrogens (tertiary/aromatic N) is 5. The first-order valence-corrected chi connectivity index (χ1v) is 25.0. The Morgan fingerprint density at radius 3 is 2.32 bits per heavy atom. The van der Waals surface area contributed by atoms with Crippen LogP contribution in [0.4, 0.5) is 0 Å². The van der Waals surface area contributed by atoms with Crippen molar-refractivity contribution in [2.24, 2.45) is 35.5 Å². The number of Topliss-reactive ketones (excluding diaryl/α,β-unsaturated/α-hetero) is 3. The molecule has 2 saturated heterocycles. The highest BCUT2D eigenvalue weighted by atomic mass is 16.6. The first-order chi connectivity index (χ1) is 32.8. The van der Waals surface area contributed by atoms with Crippen molar-refractivity contribution in [2.75, 3.05) is 27.9 Å². The number of allylic oxidation sites excluding steroid dienone is 6. The van der Waals surface area contributed by atoms with E-state index in [-0.39, 0.29) is 60.9 Å². The van der Waals surface area contributed by atoms with Gasteiger partial charge in [-0.3, -0.25) is 19.2 Å². The molecule has 0 spiro atoms. The summed E-state index contributed by atoms with van der Waals surface area (Å²) in [6.07, 6.45) is 13.9. The summed E-state index contributed by atoms with van der Waals surface area (Å²) in [6.45, 7) is 12.8. The van der Waals surface area contributed by atoms with E-state index < -0.39 is 77.8 Å². The van der Waals surface area contributed by atoms with Crippen LogP contribution in [0.1, 0.15) is 132 Å². The number of piperidine rings is 1. The molecular weight excluding hydrogens is 887 g/mol. The molecule has 0 aromatic carbocycles. The molecule has 4 unspecified atom stereocenters. The number of rotatable bonds is 7. The number of hydrogen-bond acceptors (Lipinski definition) is 15. The van der Waals surface area contributed by atoms with Crippen LogP contribution in [-0.4, -0.2) is 141 Å². The number of aromatic nitrogens is 4. The van der Waals surface area contributed by atoms with Gasteiger partial charge in [0, 0.05) is 58.5 Å². The number of ketones is 3. The monoisotopic (exact) mass is 966 g/mol. The maximum atomic E-state index is 14.5. The van der Waals surface area contributed by atoms with E-state index in [1.54, 1.807) is 52.1 Å². The number of hydrogen-bond donors (Lipinski definition) is 2. The van der Waals surface area contributed by atoms with Crippen molar-refractivity contribution in [3.63, 3.8) is 0 Å². The molecule has 384 valence electrons. The molecular formula is C52H79N5O12. The van der Waals surface area contributed by atoms with Crippen LogP contribution in [0.5, 0.6) is 0 Å². The van der Waals surface area contributed by atoms with Gasteiger partial charge in [0.2, 0.25) is 5.79 Å². The van der Waals surface area contributed by atoms with Crippen molar-refractivity contribution in [3.05, 3.63) is 53.9 Å². The summed E-state index contributed by atoms with van der Waals surface area (Å²) >= 11 is 0. The van der Waals surface area contributed by atoms with Gasteiger partial charge in [0.15, 0.2) is 5.78 Å². The number of aliphatic hydroxyl groups excluding tert-OH is 1. The first kappa shape index (κ1) is 55.7. The van der Waals surface area contributed by atoms with Gasteiger partial charge >= 0.3 is 5.97 Å². The lowest BCUT2D eigenvalue weighted by Gasteiger charge is -2.42. The van der Waals surface area contributed by atoms with Crippen LogP contribution < -0.4 is 0 Å². The molecule has 1 saturated carbocycles. The fraction of sp³-hybridized carbons (Fsp3) is 0.731. The van der Waals surface area contributed by atoms with E-state index in [4.69, 9.17) is 23.7 Å². The van der Waals surface area contributed by atoms with Gasteiger partial charge in [-0.2, -0.15) is 0 Å². The lowest BCUT2D eigenvalue weighted by Crippen LogP contribution is -2.61. The van der Waals surface area contributed by atoms with Gasteiger partial charge in [-0.25, -0.2) is 9.48 Å². The molecule has 69 heavy (non-hydrogen) atoms. The number of ether oxygens (including phenoxy) is 5. The smallest absolute Gasteiger partial charge is 0.329 e. The second-order valence-corrected chi connectivity index (χ2v) is 20.4. The standard InChI is InChI=1S/C52H79N5O12/c1-31-16-12-11-13-17-32(2)43(65-8)28-39-21-19-37(7)52(64,69-39)49(61)50(62)56-23-15-14-18-41(56)51(63)68-44(34(4)26-38-20-22-40(45(27-38)66-9)57-30-53-54-55-57)29-42(58)33(3)25-36(6)47(60)48(67-10)46(59)35(5)24-31/h11-13,16-17,25,30-31,33-35,37-41,43-45,47-48,60,64H,14-15,18-24,26-29H2,1-10H3/b13-11+,16-12+,32-17+,36-25+/t31-,33-,34-,35?,37-,38+,39+,40+,41?,43+,44+,45-,47-,48?,52?/m1/s1. The highest BCUT2D eigenvalue weighted by Gasteiger charge is 2.53. The molecule has 15 atom stereocenters. The number of cyclic esters (lactones) is 1. The largest absolute Gasteiger partial charge is 0.460 e. The zero-order valence-corrected chi connectivity index (χ0v) is 42.5. The summed E-state index contributed by atoms with van der Waals surface area (Å²) in [6, 6.07) is -1.19. The van der Waals surface area contributed by atoms with E-state index >= 15 is 0 Å². The van der Waals surface area contributed by atoms with E-state index in [9.17, 15) is 34.2 Å². The molecule has 17 heteroatoms. The SMILES string of the molecule is COC1C(=O)C(C)C[C@H](C)/C=C/C=C/C=C(\C)[C@@H](OC)C[C@@H]2CC[C@@H](C)C(O)(O2)C(=O)C(=O)N2CCCCC2C(=O)O[C@H]([C@H](C)C[C@@H]2CC[C@H](n3cnnn3)[C@H](OC)C2)CC(=O)[C@H](C)/C=C(\C)[C@H]1O. The second kappa shape index (κ2) is 25.7. The van der Waals surface area contributed by atoms with Crippen LogP contribution in [0.15, 0.2) is 53.9 Å². The highest BCUT2D eigenvalue weighted by molar-refractivity contribution is 6.39. The molecule has 1 amide bonds. The number of esters is 1. The molecule has 3 fully saturated rings. The molecule has 2 bridgehead atoms. The van der Waals surface area contributed by atoms with E-state index in [1.807, 2.05) is 58.1 Å². The van der Waals surface area contributed by atoms with E-state index in [1.165, 1.54) is 12.0 Å². The molecule has 4 aliphatic rings. The third kappa shape index (κ3) is 14.2. The van der Waals surface area contributed by atoms with E-state index in [0.717, 1.165) is 18.4 Å². The lowest BCUT2D eigenvalue weighted by molar-refractivity contribution is -0.265. The van der Waals surface area contributed by atoms with Gasteiger partial charge < -0.3 is 38.8 Å². The first-order valence-electron chi connectivity index (χ1n) is 25.0. The minimum absolute atomic E-state index is 0.0170. The molecule has 17 nitrogen and oxygen atoms in total. The third-order valence-electron chi connectivity index (χ3n) is 15.2. The average Bonchev–Trinajstić information content (AvgIpc) is 3.88. The van der Waals surface area contributed by atoms with Crippen molar-refractivity contribution >= 4 is 29.2 Å². The summed E-state index contributed by atoms with van der Waals surface area (Å²) in [5.41, 5.74) is 1.27. The van der Waals surface area contributed by atoms with Crippen molar-refractivity contribution in [1.82, 2.24) is 25.1 Å². The predicted octanol–water partition coefficient (Wildman–Crippen LogP) is 6.05. The summed E-state index contributed by atoms with van der Waals surface area (Å²) in [5, 5.41) is 35.2. The number of methoxy groups -OCH3 is 3. The number of aliphatic hydroxyl groups is 2. The van der Waals surface area contributed by atoms with Crippen LogP contribution in [0.3, 0.4) is 0 Å². The Morgan fingerprint density at radius 1 is 0.884 bits per heavy atom. The second-order valence-electron chi connectivity index (χ2n) is 20.4. The maximum absolute atomic E-state index is 14.5. The van der Waals surface area contributed by atoms with Gasteiger partial charge in [0.1, 0.15) is 36.5 Å². The molecule has 5 rings (SSSR count). The third-order valence-corrected chi connectivity index (χ3v) is 15.2. The van der Waals surface area contributed by atoms with Crippen molar-refractivity contribution < 1.29 is 57.9 Å². The predicted molar refractivity (Wildman–Crippen MR) is 256 cm³/mol. The van der Waals surface area contributed by atoms with Gasteiger partial charge in [-0.15, -0.1) is 5.10 Å². The Hall–Kier alpha value is -4.26. The number of amides is 1. The number of tetrazole rings is 1. The Balaban J connectivity index is 1.46. The Kier molecular flexibility index (Phi) is 20.8. The van der Waals surface area contributed by atoms with E-state index in [2.05, 4.69) is 15.5 Å². The fourth-order valence-electron chi connectivity index (χ4n) is 10.7. The van der Waals surface area contributed by atoms with Crippen LogP contribution in [0.2, 0.25) is 0 Å². The summed E-state index contributed by atoms with van der Waals surface area (Å²) < 4.78 is 31.6. The maximum Gasteiger partial charge on any atom is 0.329 e. The van der Waals surface area contributed by atoms with Crippen LogP contribution in [-0.2, 0) is 47.7 Å². The van der Waals surface area contributed by atoms with Crippen LogP contribution in [0, 0.1) is 35.5 Å². The minimum atomic E-state index is -2.43. The average molecular weight is 966 g/mol. The van der Waals surface area contributed by atoms with Crippen LogP contribution >= 0.6 is 0 Å². The van der Waals surface area contributed by atoms with Crippen molar-refractivity contribution in [2.45, 2.75) is 180 Å². The van der Waals surface area contributed by atoms with Crippen molar-refractivity contribution in [3.8, 4) is 0 Å². The highest BCUT2D eigenvalue weighted by Crippen LogP contribution is 2.39. The minimum Gasteiger partial charge on any atom is -0.460 e. The van der Waals surface area contributed by atoms with Crippen LogP contribution in [0.25, 0.3) is 0 Å². The molecule has 1 aliphatic carbocycles. The molecule has 4 heterocycles. The summed E-state index contributed by atoms with van der Waals surface area (Å²) in [4.78, 5) is 72.3. The van der Waals surface area contributed by atoms with Gasteiger partial charge in [0.05, 0.1) is 24.4 Å². The summed E-state index contributed by atoms with van der Waals surface area (Å²) in [5.74, 6) is -7.92. The normalized spacial score (nSPS) is 38.8. The molecule has 0 radical (unpaired) electrons. The quantitative estimate of drug-likeness (QED) is 0.181. The Bertz CT molecular complexity index is 2020. The van der Waals surface area contributed by atoms with Gasteiger partial charge in [-0.05, 0) is 117 Å². The molecule has 3 aliphatic heterocycles. The fourth-order valence-corrected chi connectivity index (χ4v) is 10.7. The Labute approximate surface area is 408 Å². The Morgan fingerprint density at radius 2 is 1.64 bits per heavy atom. The van der Waals surface area contributed by atoms with E-state index in [0.29, 0.717) is 56.9 Å². The zero-order valence-electron chi connectivity index (χ0n) is 42.5. The van der Waals surface area contributed by atoms with Gasteiger partial charge in [0.25, 0.3) is 11.7 Å². The number of carbonyl (C=O) groups is 5. The molecule has 1 aromatic rings.